The van der Waals surface area contributed by atoms with Crippen LogP contribution in [0.4, 0.5) is 0 Å². The molecule has 0 aromatic carbocycles. The lowest BCUT2D eigenvalue weighted by Gasteiger charge is -2.06. The number of nitrogens with one attached hydrogen (secondary N) is 1. The molecular formula is C11H21NO3. The second-order valence-corrected chi connectivity index (χ2v) is 3.63. The quantitative estimate of drug-likeness (QED) is 0.377. The van der Waals surface area contributed by atoms with Crippen molar-refractivity contribution in [3.8, 4) is 0 Å². The van der Waals surface area contributed by atoms with Gasteiger partial charge < -0.3 is 14.8 Å². The summed E-state index contributed by atoms with van der Waals surface area (Å²) in [6.07, 6.45) is 3.88. The molecule has 4 heteroatoms. The Morgan fingerprint density at radius 3 is 2.80 bits per heavy atom. The molecule has 0 aliphatic heterocycles. The molecule has 0 unspecified atom stereocenters. The highest BCUT2D eigenvalue weighted by molar-refractivity contribution is 5.81. The largest absolute Gasteiger partial charge is 0.466 e. The van der Waals surface area contributed by atoms with Crippen molar-refractivity contribution in [2.24, 2.45) is 5.92 Å². The SMILES string of the molecule is COC(=O)/C=C/NCCCOCC(C)C. The number of methoxy groups -OCH3 is 1. The monoisotopic (exact) mass is 215 g/mol. The maximum Gasteiger partial charge on any atom is 0.331 e. The lowest BCUT2D eigenvalue weighted by Crippen LogP contribution is -2.12. The summed E-state index contributed by atoms with van der Waals surface area (Å²) in [5.74, 6) is 0.232. The summed E-state index contributed by atoms with van der Waals surface area (Å²) in [7, 11) is 1.35. The van der Waals surface area contributed by atoms with Gasteiger partial charge in [0.2, 0.25) is 0 Å². The van der Waals surface area contributed by atoms with Crippen LogP contribution in [0.3, 0.4) is 0 Å². The Hall–Kier alpha value is -1.03. The van der Waals surface area contributed by atoms with Crippen molar-refractivity contribution >= 4 is 5.97 Å². The Bertz CT molecular complexity index is 190. The topological polar surface area (TPSA) is 47.6 Å². The van der Waals surface area contributed by atoms with Gasteiger partial charge in [-0.15, -0.1) is 0 Å². The molecule has 0 aliphatic rings. The van der Waals surface area contributed by atoms with Crippen molar-refractivity contribution in [2.45, 2.75) is 20.3 Å². The minimum atomic E-state index is -0.349. The van der Waals surface area contributed by atoms with E-state index in [1.165, 1.54) is 13.2 Å². The van der Waals surface area contributed by atoms with Crippen molar-refractivity contribution in [3.05, 3.63) is 12.3 Å². The summed E-state index contributed by atoms with van der Waals surface area (Å²) >= 11 is 0. The molecule has 4 nitrogen and oxygen atoms in total. The number of hydrogen-bond donors (Lipinski definition) is 1. The van der Waals surface area contributed by atoms with Crippen molar-refractivity contribution < 1.29 is 14.3 Å². The first-order valence-corrected chi connectivity index (χ1v) is 5.22. The van der Waals surface area contributed by atoms with E-state index < -0.39 is 0 Å². The molecule has 0 bridgehead atoms. The minimum Gasteiger partial charge on any atom is -0.466 e. The normalized spacial score (nSPS) is 10.9. The molecule has 0 fully saturated rings. The summed E-state index contributed by atoms with van der Waals surface area (Å²) in [4.78, 5) is 10.6. The van der Waals surface area contributed by atoms with Crippen LogP contribution < -0.4 is 5.32 Å². The zero-order valence-corrected chi connectivity index (χ0v) is 9.79. The molecule has 0 aromatic rings. The molecule has 0 atom stereocenters. The average molecular weight is 215 g/mol. The van der Waals surface area contributed by atoms with Gasteiger partial charge in [0.1, 0.15) is 0 Å². The van der Waals surface area contributed by atoms with E-state index in [-0.39, 0.29) is 5.97 Å². The molecule has 0 rings (SSSR count). The Balaban J connectivity index is 3.18. The number of carbonyl (C=O) groups is 1. The van der Waals surface area contributed by atoms with Crippen molar-refractivity contribution in [1.29, 1.82) is 0 Å². The van der Waals surface area contributed by atoms with Crippen LogP contribution in [-0.2, 0) is 14.3 Å². The molecule has 0 saturated heterocycles. The summed E-state index contributed by atoms with van der Waals surface area (Å²) in [5.41, 5.74) is 0. The van der Waals surface area contributed by atoms with Gasteiger partial charge in [-0.1, -0.05) is 13.8 Å². The fraction of sp³-hybridized carbons (Fsp3) is 0.727. The zero-order valence-electron chi connectivity index (χ0n) is 9.79. The molecule has 0 saturated carbocycles. The summed E-state index contributed by atoms with van der Waals surface area (Å²) in [6.45, 7) is 6.59. The Labute approximate surface area is 91.6 Å². The summed E-state index contributed by atoms with van der Waals surface area (Å²) in [5, 5.41) is 2.98. The van der Waals surface area contributed by atoms with E-state index in [9.17, 15) is 4.79 Å². The molecule has 0 aromatic heterocycles. The van der Waals surface area contributed by atoms with Gasteiger partial charge in [-0.3, -0.25) is 0 Å². The van der Waals surface area contributed by atoms with E-state index in [2.05, 4.69) is 23.9 Å². The molecular weight excluding hydrogens is 194 g/mol. The van der Waals surface area contributed by atoms with E-state index in [1.807, 2.05) is 0 Å². The van der Waals surface area contributed by atoms with E-state index in [0.717, 1.165) is 26.2 Å². The lowest BCUT2D eigenvalue weighted by atomic mass is 10.2. The fourth-order valence-corrected chi connectivity index (χ4v) is 0.874. The summed E-state index contributed by atoms with van der Waals surface area (Å²) in [6, 6.07) is 0. The highest BCUT2D eigenvalue weighted by Crippen LogP contribution is 1.92. The van der Waals surface area contributed by atoms with Gasteiger partial charge in [-0.25, -0.2) is 4.79 Å². The second-order valence-electron chi connectivity index (χ2n) is 3.63. The van der Waals surface area contributed by atoms with Crippen molar-refractivity contribution in [3.63, 3.8) is 0 Å². The van der Waals surface area contributed by atoms with Gasteiger partial charge in [0, 0.05) is 32.0 Å². The molecule has 0 spiro atoms. The maximum atomic E-state index is 10.6. The van der Waals surface area contributed by atoms with E-state index >= 15 is 0 Å². The first kappa shape index (κ1) is 14.0. The van der Waals surface area contributed by atoms with Gasteiger partial charge in [-0.2, -0.15) is 0 Å². The van der Waals surface area contributed by atoms with Gasteiger partial charge >= 0.3 is 5.97 Å². The number of esters is 1. The third-order valence-corrected chi connectivity index (χ3v) is 1.60. The molecule has 0 heterocycles. The Kier molecular flexibility index (Phi) is 8.87. The lowest BCUT2D eigenvalue weighted by molar-refractivity contribution is -0.134. The number of rotatable bonds is 8. The van der Waals surface area contributed by atoms with E-state index in [1.54, 1.807) is 6.20 Å². The molecule has 1 N–H and O–H groups in total. The van der Waals surface area contributed by atoms with Crippen LogP contribution in [0.5, 0.6) is 0 Å². The van der Waals surface area contributed by atoms with E-state index in [4.69, 9.17) is 4.74 Å². The first-order valence-electron chi connectivity index (χ1n) is 5.22. The van der Waals surface area contributed by atoms with Gasteiger partial charge in [0.15, 0.2) is 0 Å². The predicted molar refractivity (Wildman–Crippen MR) is 59.4 cm³/mol. The molecule has 0 radical (unpaired) electrons. The van der Waals surface area contributed by atoms with Crippen LogP contribution >= 0.6 is 0 Å². The van der Waals surface area contributed by atoms with Crippen LogP contribution in [0.2, 0.25) is 0 Å². The van der Waals surface area contributed by atoms with Crippen LogP contribution in [0.15, 0.2) is 12.3 Å². The van der Waals surface area contributed by atoms with Crippen LogP contribution in [-0.4, -0.2) is 32.8 Å². The van der Waals surface area contributed by atoms with Crippen LogP contribution in [0.1, 0.15) is 20.3 Å². The number of ether oxygens (including phenoxy) is 2. The third kappa shape index (κ3) is 10.9. The highest BCUT2D eigenvalue weighted by Gasteiger charge is 1.93. The first-order chi connectivity index (χ1) is 7.16. The van der Waals surface area contributed by atoms with Crippen LogP contribution in [0, 0.1) is 5.92 Å². The van der Waals surface area contributed by atoms with Gasteiger partial charge in [0.25, 0.3) is 0 Å². The molecule has 88 valence electrons. The fourth-order valence-electron chi connectivity index (χ4n) is 0.874. The number of carbonyl (C=O) groups excluding carboxylic acids is 1. The average Bonchev–Trinajstić information content (AvgIpc) is 2.21. The maximum absolute atomic E-state index is 10.6. The minimum absolute atomic E-state index is 0.349. The zero-order chi connectivity index (χ0) is 11.5. The predicted octanol–water partition coefficient (Wildman–Crippen LogP) is 1.33. The van der Waals surface area contributed by atoms with Gasteiger partial charge in [-0.05, 0) is 12.3 Å². The Morgan fingerprint density at radius 2 is 2.20 bits per heavy atom. The molecule has 0 amide bonds. The molecule has 15 heavy (non-hydrogen) atoms. The smallest absolute Gasteiger partial charge is 0.331 e. The third-order valence-electron chi connectivity index (χ3n) is 1.60. The standard InChI is InChI=1S/C11H21NO3/c1-10(2)9-15-8-4-6-12-7-5-11(13)14-3/h5,7,10,12H,4,6,8-9H2,1-3H3/b7-5+. The van der Waals surface area contributed by atoms with Gasteiger partial charge in [0.05, 0.1) is 7.11 Å². The van der Waals surface area contributed by atoms with Crippen LogP contribution in [0.25, 0.3) is 0 Å². The van der Waals surface area contributed by atoms with Crippen molar-refractivity contribution in [1.82, 2.24) is 5.32 Å². The second kappa shape index (κ2) is 9.52. The van der Waals surface area contributed by atoms with Crippen molar-refractivity contribution in [2.75, 3.05) is 26.9 Å². The summed E-state index contributed by atoms with van der Waals surface area (Å²) < 4.78 is 9.82. The van der Waals surface area contributed by atoms with E-state index in [0.29, 0.717) is 5.92 Å². The highest BCUT2D eigenvalue weighted by atomic mass is 16.5. The number of hydrogen-bond acceptors (Lipinski definition) is 4. The Morgan fingerprint density at radius 1 is 1.47 bits per heavy atom. The molecule has 0 aliphatic carbocycles.